The topological polar surface area (TPSA) is 55.1 Å². The third-order valence-corrected chi connectivity index (χ3v) is 4.88. The third kappa shape index (κ3) is 3.81. The molecule has 0 radical (unpaired) electrons. The summed E-state index contributed by atoms with van der Waals surface area (Å²) in [5, 5.41) is 7.08. The highest BCUT2D eigenvalue weighted by molar-refractivity contribution is 5.79. The molecule has 1 aliphatic rings. The van der Waals surface area contributed by atoms with E-state index in [4.69, 9.17) is 4.52 Å². The molecule has 0 atom stereocenters. The standard InChI is InChI=1S/C19H24N2O2/c1-13-18(14(2)23-21-13)12-19(22)20-17-10-8-16(9-11-17)15-6-4-3-5-7-15/h3-7,16-17H,8-12H2,1-2H3,(H,20,22). The molecule has 0 bridgehead atoms. The smallest absolute Gasteiger partial charge is 0.224 e. The van der Waals surface area contributed by atoms with Gasteiger partial charge in [0.1, 0.15) is 5.76 Å². The molecule has 1 heterocycles. The van der Waals surface area contributed by atoms with E-state index in [1.807, 2.05) is 13.8 Å². The fourth-order valence-electron chi connectivity index (χ4n) is 3.49. The van der Waals surface area contributed by atoms with Crippen LogP contribution in [0.15, 0.2) is 34.9 Å². The first-order chi connectivity index (χ1) is 11.1. The second-order valence-corrected chi connectivity index (χ2v) is 6.51. The minimum atomic E-state index is 0.0718. The van der Waals surface area contributed by atoms with Gasteiger partial charge in [-0.25, -0.2) is 0 Å². The lowest BCUT2D eigenvalue weighted by atomic mass is 9.82. The summed E-state index contributed by atoms with van der Waals surface area (Å²) >= 11 is 0. The molecule has 3 rings (SSSR count). The van der Waals surface area contributed by atoms with Crippen molar-refractivity contribution in [1.82, 2.24) is 10.5 Å². The van der Waals surface area contributed by atoms with Crippen molar-refractivity contribution < 1.29 is 9.32 Å². The van der Waals surface area contributed by atoms with E-state index in [0.717, 1.165) is 42.7 Å². The highest BCUT2D eigenvalue weighted by Crippen LogP contribution is 2.32. The number of carbonyl (C=O) groups excluding carboxylic acids is 1. The summed E-state index contributed by atoms with van der Waals surface area (Å²) in [6.45, 7) is 3.73. The largest absolute Gasteiger partial charge is 0.361 e. The van der Waals surface area contributed by atoms with Crippen LogP contribution in [0.5, 0.6) is 0 Å². The van der Waals surface area contributed by atoms with Crippen molar-refractivity contribution in [2.24, 2.45) is 0 Å². The van der Waals surface area contributed by atoms with Gasteiger partial charge in [-0.1, -0.05) is 35.5 Å². The summed E-state index contributed by atoms with van der Waals surface area (Å²) in [4.78, 5) is 12.3. The zero-order valence-corrected chi connectivity index (χ0v) is 13.8. The van der Waals surface area contributed by atoms with Gasteiger partial charge in [0.2, 0.25) is 5.91 Å². The zero-order valence-electron chi connectivity index (χ0n) is 13.8. The molecule has 1 aromatic heterocycles. The monoisotopic (exact) mass is 312 g/mol. The second kappa shape index (κ2) is 6.99. The van der Waals surface area contributed by atoms with Crippen LogP contribution in [0.25, 0.3) is 0 Å². The Balaban J connectivity index is 1.50. The number of amides is 1. The number of nitrogens with one attached hydrogen (secondary N) is 1. The lowest BCUT2D eigenvalue weighted by Gasteiger charge is -2.29. The molecule has 122 valence electrons. The molecule has 23 heavy (non-hydrogen) atoms. The Bertz CT molecular complexity index is 636. The van der Waals surface area contributed by atoms with Crippen molar-refractivity contribution in [3.8, 4) is 0 Å². The van der Waals surface area contributed by atoms with Crippen molar-refractivity contribution in [3.05, 3.63) is 52.9 Å². The minimum Gasteiger partial charge on any atom is -0.361 e. The Labute approximate surface area is 137 Å². The maximum atomic E-state index is 12.3. The van der Waals surface area contributed by atoms with Crippen LogP contribution in [0.2, 0.25) is 0 Å². The van der Waals surface area contributed by atoms with Gasteiger partial charge in [0, 0.05) is 11.6 Å². The molecule has 0 spiro atoms. The molecule has 1 fully saturated rings. The zero-order chi connectivity index (χ0) is 16.2. The van der Waals surface area contributed by atoms with Crippen molar-refractivity contribution in [3.63, 3.8) is 0 Å². The maximum absolute atomic E-state index is 12.3. The summed E-state index contributed by atoms with van der Waals surface area (Å²) in [7, 11) is 0. The Kier molecular flexibility index (Phi) is 4.79. The van der Waals surface area contributed by atoms with Gasteiger partial charge in [0.15, 0.2) is 0 Å². The van der Waals surface area contributed by atoms with Gasteiger partial charge >= 0.3 is 0 Å². The molecule has 4 heteroatoms. The van der Waals surface area contributed by atoms with Crippen LogP contribution in [-0.2, 0) is 11.2 Å². The summed E-state index contributed by atoms with van der Waals surface area (Å²) in [6, 6.07) is 11.0. The molecule has 0 unspecified atom stereocenters. The number of aromatic nitrogens is 1. The molecule has 2 aromatic rings. The SMILES string of the molecule is Cc1noc(C)c1CC(=O)NC1CCC(c2ccccc2)CC1. The predicted octanol–water partition coefficient (Wildman–Crippen LogP) is 3.68. The Morgan fingerprint density at radius 2 is 1.87 bits per heavy atom. The van der Waals surface area contributed by atoms with Crippen LogP contribution in [0.3, 0.4) is 0 Å². The van der Waals surface area contributed by atoms with Crippen molar-refractivity contribution in [2.75, 3.05) is 0 Å². The fourth-order valence-corrected chi connectivity index (χ4v) is 3.49. The number of hydrogen-bond acceptors (Lipinski definition) is 3. The first-order valence-corrected chi connectivity index (χ1v) is 8.39. The van der Waals surface area contributed by atoms with E-state index in [1.54, 1.807) is 0 Å². The number of benzene rings is 1. The molecular formula is C19H24N2O2. The summed E-state index contributed by atoms with van der Waals surface area (Å²) in [5.74, 6) is 1.44. The average molecular weight is 312 g/mol. The highest BCUT2D eigenvalue weighted by atomic mass is 16.5. The maximum Gasteiger partial charge on any atom is 0.224 e. The van der Waals surface area contributed by atoms with Crippen molar-refractivity contribution in [1.29, 1.82) is 0 Å². The molecule has 1 N–H and O–H groups in total. The van der Waals surface area contributed by atoms with Crippen LogP contribution in [0.4, 0.5) is 0 Å². The van der Waals surface area contributed by atoms with Gasteiger partial charge in [0.25, 0.3) is 0 Å². The number of rotatable bonds is 4. The van der Waals surface area contributed by atoms with E-state index < -0.39 is 0 Å². The average Bonchev–Trinajstić information content (AvgIpc) is 2.88. The molecule has 0 saturated heterocycles. The summed E-state index contributed by atoms with van der Waals surface area (Å²) in [6.07, 6.45) is 4.74. The van der Waals surface area contributed by atoms with Gasteiger partial charge in [-0.3, -0.25) is 4.79 Å². The van der Waals surface area contributed by atoms with Crippen LogP contribution in [0, 0.1) is 13.8 Å². The van der Waals surface area contributed by atoms with E-state index in [9.17, 15) is 4.79 Å². The van der Waals surface area contributed by atoms with Gasteiger partial charge in [-0.2, -0.15) is 0 Å². The van der Waals surface area contributed by atoms with Gasteiger partial charge in [-0.15, -0.1) is 0 Å². The number of hydrogen-bond donors (Lipinski definition) is 1. The predicted molar refractivity (Wildman–Crippen MR) is 89.3 cm³/mol. The fraction of sp³-hybridized carbons (Fsp3) is 0.474. The van der Waals surface area contributed by atoms with Crippen LogP contribution in [-0.4, -0.2) is 17.1 Å². The quantitative estimate of drug-likeness (QED) is 0.937. The van der Waals surface area contributed by atoms with Crippen molar-refractivity contribution >= 4 is 5.91 Å². The molecule has 0 aliphatic heterocycles. The van der Waals surface area contributed by atoms with E-state index in [0.29, 0.717) is 18.4 Å². The normalized spacial score (nSPS) is 21.1. The lowest BCUT2D eigenvalue weighted by molar-refractivity contribution is -0.121. The van der Waals surface area contributed by atoms with Crippen LogP contribution < -0.4 is 5.32 Å². The summed E-state index contributed by atoms with van der Waals surface area (Å²) < 4.78 is 5.12. The van der Waals surface area contributed by atoms with Gasteiger partial charge in [0.05, 0.1) is 12.1 Å². The molecule has 1 saturated carbocycles. The Morgan fingerprint density at radius 1 is 1.17 bits per heavy atom. The van der Waals surface area contributed by atoms with Crippen LogP contribution >= 0.6 is 0 Å². The molecule has 1 amide bonds. The van der Waals surface area contributed by atoms with E-state index in [-0.39, 0.29) is 5.91 Å². The second-order valence-electron chi connectivity index (χ2n) is 6.51. The van der Waals surface area contributed by atoms with E-state index in [1.165, 1.54) is 5.56 Å². The third-order valence-electron chi connectivity index (χ3n) is 4.88. The van der Waals surface area contributed by atoms with E-state index >= 15 is 0 Å². The summed E-state index contributed by atoms with van der Waals surface area (Å²) in [5.41, 5.74) is 3.15. The minimum absolute atomic E-state index is 0.0718. The Morgan fingerprint density at radius 3 is 2.48 bits per heavy atom. The van der Waals surface area contributed by atoms with Crippen molar-refractivity contribution in [2.45, 2.75) is 57.9 Å². The number of aryl methyl sites for hydroxylation is 2. The van der Waals surface area contributed by atoms with Gasteiger partial charge < -0.3 is 9.84 Å². The first-order valence-electron chi connectivity index (χ1n) is 8.39. The van der Waals surface area contributed by atoms with Gasteiger partial charge in [-0.05, 0) is 51.0 Å². The molecule has 1 aliphatic carbocycles. The van der Waals surface area contributed by atoms with E-state index in [2.05, 4.69) is 40.8 Å². The number of carbonyl (C=O) groups is 1. The first kappa shape index (κ1) is 15.8. The lowest BCUT2D eigenvalue weighted by Crippen LogP contribution is -2.38. The number of nitrogens with zero attached hydrogens (tertiary/aromatic N) is 1. The Hall–Kier alpha value is -2.10. The highest BCUT2D eigenvalue weighted by Gasteiger charge is 2.24. The molecular weight excluding hydrogens is 288 g/mol. The molecule has 1 aromatic carbocycles. The van der Waals surface area contributed by atoms with Crippen LogP contribution in [0.1, 0.15) is 54.2 Å². The molecule has 4 nitrogen and oxygen atoms in total.